The number of hydrogen-bond donors (Lipinski definition) is 2. The molecule has 1 aliphatic rings. The number of ketones is 1. The summed E-state index contributed by atoms with van der Waals surface area (Å²) >= 11 is 0. The minimum atomic E-state index is -0.739. The summed E-state index contributed by atoms with van der Waals surface area (Å²) in [6.07, 6.45) is 3.23. The number of carbonyl (C=O) groups excluding carboxylic acids is 1. The Hall–Kier alpha value is -2.65. The van der Waals surface area contributed by atoms with Gasteiger partial charge in [0.2, 0.25) is 0 Å². The molecule has 0 amide bonds. The second-order valence-corrected chi connectivity index (χ2v) is 5.53. The summed E-state index contributed by atoms with van der Waals surface area (Å²) in [6.45, 7) is 2.07. The van der Waals surface area contributed by atoms with E-state index in [4.69, 9.17) is 11.5 Å². The van der Waals surface area contributed by atoms with Gasteiger partial charge in [-0.1, -0.05) is 54.1 Å². The molecule has 1 atom stereocenters. The normalized spacial score (nSPS) is 17.9. The summed E-state index contributed by atoms with van der Waals surface area (Å²) in [5.74, 6) is -0.155. The average Bonchev–Trinajstić information content (AvgIpc) is 2.54. The second kappa shape index (κ2) is 5.62. The molecule has 0 fully saturated rings. The molecule has 3 rings (SSSR count). The highest BCUT2D eigenvalue weighted by Crippen LogP contribution is 2.26. The lowest BCUT2D eigenvalue weighted by atomic mass is 9.92. The zero-order valence-electron chi connectivity index (χ0n) is 12.4. The number of rotatable bonds is 2. The first-order valence-electron chi connectivity index (χ1n) is 7.21. The zero-order chi connectivity index (χ0) is 15.7. The van der Waals surface area contributed by atoms with E-state index in [2.05, 4.69) is 43.3 Å². The fraction of sp³-hybridized carbons (Fsp3) is 0.105. The molecular formula is C19H18N2O. The van der Waals surface area contributed by atoms with Gasteiger partial charge in [0, 0.05) is 11.3 Å². The second-order valence-electron chi connectivity index (χ2n) is 5.53. The maximum absolute atomic E-state index is 11.5. The number of allylic oxidation sites excluding steroid dienone is 2. The SMILES string of the molecule is Cc1ccc(-c2ccc(C3=C(N)C(N)C(=O)C=C3)cc2)cc1. The summed E-state index contributed by atoms with van der Waals surface area (Å²) in [4.78, 5) is 11.5. The lowest BCUT2D eigenvalue weighted by molar-refractivity contribution is -0.115. The monoisotopic (exact) mass is 290 g/mol. The van der Waals surface area contributed by atoms with Crippen LogP contribution >= 0.6 is 0 Å². The van der Waals surface area contributed by atoms with Crippen LogP contribution in [0, 0.1) is 6.92 Å². The Morgan fingerprint density at radius 2 is 1.32 bits per heavy atom. The molecule has 0 heterocycles. The quantitative estimate of drug-likeness (QED) is 0.893. The average molecular weight is 290 g/mol. The molecule has 2 aromatic rings. The van der Waals surface area contributed by atoms with Crippen molar-refractivity contribution in [3.63, 3.8) is 0 Å². The van der Waals surface area contributed by atoms with Crippen molar-refractivity contribution in [3.05, 3.63) is 77.5 Å². The first-order valence-corrected chi connectivity index (χ1v) is 7.21. The molecule has 0 aliphatic heterocycles. The largest absolute Gasteiger partial charge is 0.400 e. The van der Waals surface area contributed by atoms with Crippen LogP contribution in [-0.2, 0) is 4.79 Å². The van der Waals surface area contributed by atoms with Crippen LogP contribution in [0.4, 0.5) is 0 Å². The number of hydrogen-bond acceptors (Lipinski definition) is 3. The molecule has 22 heavy (non-hydrogen) atoms. The molecule has 1 unspecified atom stereocenters. The van der Waals surface area contributed by atoms with Crippen LogP contribution in [0.1, 0.15) is 11.1 Å². The van der Waals surface area contributed by atoms with Crippen LogP contribution in [-0.4, -0.2) is 11.8 Å². The molecule has 3 heteroatoms. The predicted molar refractivity (Wildman–Crippen MR) is 89.8 cm³/mol. The van der Waals surface area contributed by atoms with E-state index in [1.165, 1.54) is 17.2 Å². The van der Waals surface area contributed by atoms with E-state index < -0.39 is 6.04 Å². The zero-order valence-corrected chi connectivity index (χ0v) is 12.4. The van der Waals surface area contributed by atoms with Crippen molar-refractivity contribution in [1.29, 1.82) is 0 Å². The van der Waals surface area contributed by atoms with Gasteiger partial charge in [0.25, 0.3) is 0 Å². The van der Waals surface area contributed by atoms with Crippen LogP contribution in [0.3, 0.4) is 0 Å². The lowest BCUT2D eigenvalue weighted by Crippen LogP contribution is -2.37. The Bertz CT molecular complexity index is 768. The molecule has 0 spiro atoms. The van der Waals surface area contributed by atoms with Crippen LogP contribution in [0.5, 0.6) is 0 Å². The van der Waals surface area contributed by atoms with Crippen molar-refractivity contribution in [2.45, 2.75) is 13.0 Å². The van der Waals surface area contributed by atoms with Crippen LogP contribution < -0.4 is 11.5 Å². The highest BCUT2D eigenvalue weighted by molar-refractivity contribution is 6.03. The third-order valence-electron chi connectivity index (χ3n) is 3.95. The minimum absolute atomic E-state index is 0.155. The van der Waals surface area contributed by atoms with Crippen molar-refractivity contribution in [1.82, 2.24) is 0 Å². The Morgan fingerprint density at radius 3 is 1.91 bits per heavy atom. The van der Waals surface area contributed by atoms with Crippen LogP contribution in [0.15, 0.2) is 66.4 Å². The fourth-order valence-corrected chi connectivity index (χ4v) is 2.54. The van der Waals surface area contributed by atoms with Crippen molar-refractivity contribution < 1.29 is 4.79 Å². The summed E-state index contributed by atoms with van der Waals surface area (Å²) in [5.41, 5.74) is 17.6. The van der Waals surface area contributed by atoms with E-state index in [-0.39, 0.29) is 5.78 Å². The maximum Gasteiger partial charge on any atom is 0.178 e. The molecule has 3 nitrogen and oxygen atoms in total. The van der Waals surface area contributed by atoms with Gasteiger partial charge in [-0.15, -0.1) is 0 Å². The third-order valence-corrected chi connectivity index (χ3v) is 3.95. The van der Waals surface area contributed by atoms with Crippen LogP contribution in [0.25, 0.3) is 16.7 Å². The van der Waals surface area contributed by atoms with E-state index in [0.717, 1.165) is 16.7 Å². The smallest absolute Gasteiger partial charge is 0.178 e. The summed E-state index contributed by atoms with van der Waals surface area (Å²) < 4.78 is 0. The Morgan fingerprint density at radius 1 is 0.818 bits per heavy atom. The molecule has 0 bridgehead atoms. The van der Waals surface area contributed by atoms with Gasteiger partial charge >= 0.3 is 0 Å². The number of benzene rings is 2. The number of nitrogens with two attached hydrogens (primary N) is 2. The van der Waals surface area contributed by atoms with Gasteiger partial charge in [-0.25, -0.2) is 0 Å². The molecule has 4 N–H and O–H groups in total. The highest BCUT2D eigenvalue weighted by atomic mass is 16.1. The highest BCUT2D eigenvalue weighted by Gasteiger charge is 2.21. The van der Waals surface area contributed by atoms with Crippen LogP contribution in [0.2, 0.25) is 0 Å². The number of carbonyl (C=O) groups is 1. The molecule has 110 valence electrons. The van der Waals surface area contributed by atoms with Gasteiger partial charge < -0.3 is 11.5 Å². The van der Waals surface area contributed by atoms with Crippen molar-refractivity contribution in [2.24, 2.45) is 11.5 Å². The van der Waals surface area contributed by atoms with Crippen molar-refractivity contribution >= 4 is 11.4 Å². The summed E-state index contributed by atoms with van der Waals surface area (Å²) in [6, 6.07) is 15.8. The maximum atomic E-state index is 11.5. The first-order chi connectivity index (χ1) is 10.6. The Balaban J connectivity index is 1.94. The molecule has 1 aliphatic carbocycles. The number of aryl methyl sites for hydroxylation is 1. The van der Waals surface area contributed by atoms with E-state index >= 15 is 0 Å². The van der Waals surface area contributed by atoms with E-state index in [1.807, 2.05) is 12.1 Å². The molecule has 2 aromatic carbocycles. The third kappa shape index (κ3) is 2.59. The van der Waals surface area contributed by atoms with Crippen molar-refractivity contribution in [3.8, 4) is 11.1 Å². The Labute approximate surface area is 129 Å². The van der Waals surface area contributed by atoms with Gasteiger partial charge in [-0.05, 0) is 35.8 Å². The molecule has 0 radical (unpaired) electrons. The van der Waals surface area contributed by atoms with Gasteiger partial charge in [0.05, 0.1) is 0 Å². The summed E-state index contributed by atoms with van der Waals surface area (Å²) in [7, 11) is 0. The van der Waals surface area contributed by atoms with Gasteiger partial charge in [-0.2, -0.15) is 0 Å². The van der Waals surface area contributed by atoms with Gasteiger partial charge in [-0.3, -0.25) is 4.79 Å². The Kier molecular flexibility index (Phi) is 3.65. The fourth-order valence-electron chi connectivity index (χ4n) is 2.54. The topological polar surface area (TPSA) is 69.1 Å². The van der Waals surface area contributed by atoms with Gasteiger partial charge in [0.15, 0.2) is 5.78 Å². The molecular weight excluding hydrogens is 272 g/mol. The van der Waals surface area contributed by atoms with E-state index in [0.29, 0.717) is 5.70 Å². The summed E-state index contributed by atoms with van der Waals surface area (Å²) in [5, 5.41) is 0. The van der Waals surface area contributed by atoms with E-state index in [9.17, 15) is 4.79 Å². The predicted octanol–water partition coefficient (Wildman–Crippen LogP) is 2.80. The lowest BCUT2D eigenvalue weighted by Gasteiger charge is -2.18. The standard InChI is InChI=1S/C19H18N2O/c1-12-2-4-13(5-3-12)14-6-8-15(9-7-14)16-10-11-17(22)19(21)18(16)20/h2-11,19H,20-21H2,1H3. The molecule has 0 saturated carbocycles. The van der Waals surface area contributed by atoms with Crippen molar-refractivity contribution in [2.75, 3.05) is 0 Å². The van der Waals surface area contributed by atoms with E-state index in [1.54, 1.807) is 6.08 Å². The van der Waals surface area contributed by atoms with Gasteiger partial charge in [0.1, 0.15) is 6.04 Å². The molecule has 0 saturated heterocycles. The molecule has 0 aromatic heterocycles. The first kappa shape index (κ1) is 14.3. The minimum Gasteiger partial charge on any atom is -0.400 e.